The van der Waals surface area contributed by atoms with E-state index in [1.807, 2.05) is 18.7 Å². The summed E-state index contributed by atoms with van der Waals surface area (Å²) >= 11 is 1.72. The Bertz CT molecular complexity index is 612. The molecular formula is C19H30FIN4OS. The zero-order chi connectivity index (χ0) is 18.9. The fraction of sp³-hybridized carbons (Fsp3) is 0.579. The fourth-order valence-electron chi connectivity index (χ4n) is 2.83. The van der Waals surface area contributed by atoms with Crippen molar-refractivity contribution < 1.29 is 9.18 Å². The molecule has 8 heteroatoms. The second kappa shape index (κ2) is 12.4. The number of nitrogens with zero attached hydrogens (tertiary/aromatic N) is 2. The van der Waals surface area contributed by atoms with Gasteiger partial charge in [-0.15, -0.1) is 35.7 Å². The van der Waals surface area contributed by atoms with Crippen LogP contribution < -0.4 is 10.6 Å². The molecule has 1 aromatic rings. The lowest BCUT2D eigenvalue weighted by Gasteiger charge is -2.20. The Morgan fingerprint density at radius 2 is 2.07 bits per heavy atom. The molecule has 2 N–H and O–H groups in total. The van der Waals surface area contributed by atoms with E-state index in [0.29, 0.717) is 0 Å². The summed E-state index contributed by atoms with van der Waals surface area (Å²) in [5, 5.41) is 6.72. The first-order valence-electron chi connectivity index (χ1n) is 9.14. The number of nitrogens with one attached hydrogen (secondary N) is 2. The smallest absolute Gasteiger partial charge is 0.225 e. The van der Waals surface area contributed by atoms with Crippen molar-refractivity contribution in [2.75, 3.05) is 32.4 Å². The van der Waals surface area contributed by atoms with Crippen LogP contribution in [0.15, 0.2) is 34.2 Å². The van der Waals surface area contributed by atoms with E-state index in [-0.39, 0.29) is 47.7 Å². The summed E-state index contributed by atoms with van der Waals surface area (Å²) in [7, 11) is 1.76. The molecule has 0 radical (unpaired) electrons. The Hall–Kier alpha value is -1.03. The summed E-state index contributed by atoms with van der Waals surface area (Å²) in [6.07, 6.45) is 1.92. The molecular weight excluding hydrogens is 478 g/mol. The van der Waals surface area contributed by atoms with Crippen molar-refractivity contribution in [3.8, 4) is 0 Å². The quantitative estimate of drug-likeness (QED) is 0.195. The minimum Gasteiger partial charge on any atom is -0.356 e. The van der Waals surface area contributed by atoms with Crippen molar-refractivity contribution >= 4 is 47.6 Å². The number of thioether (sulfide) groups is 1. The topological polar surface area (TPSA) is 56.7 Å². The summed E-state index contributed by atoms with van der Waals surface area (Å²) in [5.74, 6) is 1.79. The molecule has 1 aromatic carbocycles. The first-order chi connectivity index (χ1) is 12.5. The van der Waals surface area contributed by atoms with Crippen LogP contribution in [0, 0.1) is 11.7 Å². The Morgan fingerprint density at radius 3 is 2.70 bits per heavy atom. The van der Waals surface area contributed by atoms with Crippen LogP contribution in [0.2, 0.25) is 0 Å². The number of amides is 1. The number of halogens is 2. The van der Waals surface area contributed by atoms with Crippen molar-refractivity contribution in [2.45, 2.75) is 37.6 Å². The molecule has 1 aliphatic heterocycles. The van der Waals surface area contributed by atoms with Gasteiger partial charge in [0.2, 0.25) is 5.91 Å². The van der Waals surface area contributed by atoms with E-state index in [1.165, 1.54) is 12.1 Å². The molecule has 0 spiro atoms. The Kier molecular flexibility index (Phi) is 11.1. The van der Waals surface area contributed by atoms with Crippen LogP contribution in [0.1, 0.15) is 26.7 Å². The first-order valence-corrected chi connectivity index (χ1v) is 10.1. The monoisotopic (exact) mass is 508 g/mol. The van der Waals surface area contributed by atoms with Gasteiger partial charge in [-0.05, 0) is 42.9 Å². The van der Waals surface area contributed by atoms with Gasteiger partial charge in [-0.3, -0.25) is 9.79 Å². The summed E-state index contributed by atoms with van der Waals surface area (Å²) in [6.45, 7) is 6.23. The highest BCUT2D eigenvalue weighted by Gasteiger charge is 2.27. The minimum absolute atomic E-state index is 0. The van der Waals surface area contributed by atoms with E-state index < -0.39 is 0 Å². The third kappa shape index (κ3) is 8.25. The third-order valence-corrected chi connectivity index (χ3v) is 5.35. The van der Waals surface area contributed by atoms with Crippen LogP contribution in [0.25, 0.3) is 0 Å². The number of carbonyl (C=O) groups excluding carboxylic acids is 1. The van der Waals surface area contributed by atoms with Gasteiger partial charge in [-0.1, -0.05) is 13.8 Å². The molecule has 1 heterocycles. The van der Waals surface area contributed by atoms with Crippen LogP contribution >= 0.6 is 35.7 Å². The highest BCUT2D eigenvalue weighted by molar-refractivity contribution is 14.0. The molecule has 152 valence electrons. The van der Waals surface area contributed by atoms with Crippen molar-refractivity contribution in [3.63, 3.8) is 0 Å². The maximum atomic E-state index is 12.9. The fourth-order valence-corrected chi connectivity index (χ4v) is 3.68. The molecule has 1 saturated heterocycles. The number of likely N-dealkylation sites (tertiary alicyclic amines) is 1. The second-order valence-electron chi connectivity index (χ2n) is 6.72. The molecule has 2 rings (SSSR count). The van der Waals surface area contributed by atoms with E-state index in [9.17, 15) is 9.18 Å². The molecule has 1 fully saturated rings. The highest BCUT2D eigenvalue weighted by atomic mass is 127. The average Bonchev–Trinajstić information content (AvgIpc) is 3.09. The molecule has 0 aromatic heterocycles. The van der Waals surface area contributed by atoms with Crippen molar-refractivity contribution in [1.29, 1.82) is 0 Å². The van der Waals surface area contributed by atoms with Crippen LogP contribution in [-0.2, 0) is 4.79 Å². The van der Waals surface area contributed by atoms with E-state index in [2.05, 4.69) is 15.6 Å². The first kappa shape index (κ1) is 24.0. The number of guanidine groups is 1. The third-order valence-electron chi connectivity index (χ3n) is 4.25. The summed E-state index contributed by atoms with van der Waals surface area (Å²) < 4.78 is 12.9. The summed E-state index contributed by atoms with van der Waals surface area (Å²) in [6, 6.07) is 6.83. The molecule has 1 aliphatic rings. The lowest BCUT2D eigenvalue weighted by Crippen LogP contribution is -2.45. The normalized spacial score (nSPS) is 17.0. The van der Waals surface area contributed by atoms with Crippen molar-refractivity contribution in [1.82, 2.24) is 15.5 Å². The van der Waals surface area contributed by atoms with Gasteiger partial charge < -0.3 is 15.5 Å². The predicted octanol–water partition coefficient (Wildman–Crippen LogP) is 3.35. The van der Waals surface area contributed by atoms with Crippen LogP contribution in [0.3, 0.4) is 0 Å². The van der Waals surface area contributed by atoms with Gasteiger partial charge in [0.25, 0.3) is 0 Å². The zero-order valence-corrected chi connectivity index (χ0v) is 19.4. The van der Waals surface area contributed by atoms with Crippen molar-refractivity contribution in [3.05, 3.63) is 30.1 Å². The van der Waals surface area contributed by atoms with Gasteiger partial charge in [0, 0.05) is 43.5 Å². The van der Waals surface area contributed by atoms with E-state index >= 15 is 0 Å². The number of aliphatic imine (C=N–C) groups is 1. The molecule has 0 aliphatic carbocycles. The maximum Gasteiger partial charge on any atom is 0.225 e. The van der Waals surface area contributed by atoms with Gasteiger partial charge in [0.05, 0.1) is 0 Å². The summed E-state index contributed by atoms with van der Waals surface area (Å²) in [5.41, 5.74) is 0. The summed E-state index contributed by atoms with van der Waals surface area (Å²) in [4.78, 5) is 19.3. The number of hydrogen-bond acceptors (Lipinski definition) is 3. The zero-order valence-electron chi connectivity index (χ0n) is 16.2. The van der Waals surface area contributed by atoms with E-state index in [4.69, 9.17) is 0 Å². The van der Waals surface area contributed by atoms with Gasteiger partial charge in [0.15, 0.2) is 5.96 Å². The average molecular weight is 508 g/mol. The highest BCUT2D eigenvalue weighted by Crippen LogP contribution is 2.18. The molecule has 1 atom stereocenters. The molecule has 0 bridgehead atoms. The predicted molar refractivity (Wildman–Crippen MR) is 121 cm³/mol. The van der Waals surface area contributed by atoms with E-state index in [0.717, 1.165) is 49.1 Å². The Labute approximate surface area is 183 Å². The van der Waals surface area contributed by atoms with Gasteiger partial charge in [-0.25, -0.2) is 4.39 Å². The molecule has 5 nitrogen and oxygen atoms in total. The Balaban J connectivity index is 0.00000364. The maximum absolute atomic E-state index is 12.9. The van der Waals surface area contributed by atoms with Gasteiger partial charge >= 0.3 is 0 Å². The molecule has 1 amide bonds. The van der Waals surface area contributed by atoms with Crippen LogP contribution in [0.4, 0.5) is 4.39 Å². The number of carbonyl (C=O) groups is 1. The SMILES string of the molecule is CN=C(NCCCSc1ccc(F)cc1)NC1CCN(C(=O)C(C)C)C1.I. The number of benzene rings is 1. The van der Waals surface area contributed by atoms with Gasteiger partial charge in [0.1, 0.15) is 5.82 Å². The minimum atomic E-state index is -0.202. The van der Waals surface area contributed by atoms with Gasteiger partial charge in [-0.2, -0.15) is 0 Å². The second-order valence-corrected chi connectivity index (χ2v) is 7.89. The molecule has 27 heavy (non-hydrogen) atoms. The number of hydrogen-bond donors (Lipinski definition) is 2. The van der Waals surface area contributed by atoms with Crippen molar-refractivity contribution in [2.24, 2.45) is 10.9 Å². The standard InChI is InChI=1S/C19H29FN4OS.HI/c1-14(2)18(25)24-11-9-16(13-24)23-19(21-3)22-10-4-12-26-17-7-5-15(20)6-8-17;/h5-8,14,16H,4,9-13H2,1-3H3,(H2,21,22,23);1H. The van der Waals surface area contributed by atoms with E-state index in [1.54, 1.807) is 30.9 Å². The lowest BCUT2D eigenvalue weighted by molar-refractivity contribution is -0.133. The van der Waals surface area contributed by atoms with Crippen LogP contribution in [-0.4, -0.2) is 55.2 Å². The largest absolute Gasteiger partial charge is 0.356 e. The molecule has 1 unspecified atom stereocenters. The lowest BCUT2D eigenvalue weighted by atomic mass is 10.2. The van der Waals surface area contributed by atoms with Crippen LogP contribution in [0.5, 0.6) is 0 Å². The number of rotatable bonds is 7. The molecule has 0 saturated carbocycles. The Morgan fingerprint density at radius 1 is 1.37 bits per heavy atom.